The number of amides is 3. The fourth-order valence-electron chi connectivity index (χ4n) is 7.90. The van der Waals surface area contributed by atoms with Gasteiger partial charge in [-0.2, -0.15) is 5.10 Å². The van der Waals surface area contributed by atoms with Crippen LogP contribution in [0.1, 0.15) is 64.2 Å². The van der Waals surface area contributed by atoms with Crippen LogP contribution in [0.4, 0.5) is 5.69 Å². The van der Waals surface area contributed by atoms with Gasteiger partial charge in [-0.05, 0) is 84.2 Å². The van der Waals surface area contributed by atoms with E-state index in [1.54, 1.807) is 4.90 Å². The molecule has 3 aromatic carbocycles. The number of nitrogens with one attached hydrogen (secondary N) is 1. The summed E-state index contributed by atoms with van der Waals surface area (Å²) in [5.41, 5.74) is 8.17. The topological polar surface area (TPSA) is 90.8 Å². The maximum absolute atomic E-state index is 13.0. The second-order valence-corrected chi connectivity index (χ2v) is 13.7. The normalized spacial score (nSPS) is 21.2. The summed E-state index contributed by atoms with van der Waals surface area (Å²) >= 11 is 0. The molecule has 4 aliphatic rings. The van der Waals surface area contributed by atoms with Crippen LogP contribution < -0.4 is 10.2 Å². The molecule has 4 aliphatic heterocycles. The fraction of sp³-hybridized carbons (Fsp3) is 0.405. The summed E-state index contributed by atoms with van der Waals surface area (Å²) in [5.74, 6) is 0.422. The predicted octanol–water partition coefficient (Wildman–Crippen LogP) is 4.39. The number of rotatable bonds is 7. The highest BCUT2D eigenvalue weighted by atomic mass is 16.2. The van der Waals surface area contributed by atoms with Crippen molar-refractivity contribution in [2.45, 2.75) is 57.2 Å². The number of anilines is 1. The molecule has 0 bridgehead atoms. The Hall–Kier alpha value is -4.50. The van der Waals surface area contributed by atoms with Gasteiger partial charge in [-0.25, -0.2) is 0 Å². The molecule has 5 heterocycles. The van der Waals surface area contributed by atoms with Gasteiger partial charge >= 0.3 is 0 Å². The lowest BCUT2D eigenvalue weighted by Crippen LogP contribution is -2.52. The van der Waals surface area contributed by atoms with Gasteiger partial charge in [0.05, 0.1) is 11.7 Å². The number of hydrogen-bond acceptors (Lipinski definition) is 6. The Kier molecular flexibility index (Phi) is 7.36. The summed E-state index contributed by atoms with van der Waals surface area (Å²) in [7, 11) is 2.00. The van der Waals surface area contributed by atoms with Gasteiger partial charge in [0, 0.05) is 75.3 Å². The molecule has 3 saturated heterocycles. The molecule has 3 amide bonds. The van der Waals surface area contributed by atoms with E-state index in [9.17, 15) is 14.4 Å². The van der Waals surface area contributed by atoms with Crippen molar-refractivity contribution < 1.29 is 14.4 Å². The fourth-order valence-corrected chi connectivity index (χ4v) is 7.90. The van der Waals surface area contributed by atoms with Crippen molar-refractivity contribution in [3.8, 4) is 0 Å². The summed E-state index contributed by atoms with van der Waals surface area (Å²) in [6.07, 6.45) is 6.19. The molecule has 4 aromatic rings. The largest absolute Gasteiger partial charge is 0.372 e. The Morgan fingerprint density at radius 1 is 0.891 bits per heavy atom. The minimum Gasteiger partial charge on any atom is -0.372 e. The minimum atomic E-state index is -0.572. The molecule has 0 saturated carbocycles. The van der Waals surface area contributed by atoms with E-state index in [0.717, 1.165) is 50.6 Å². The molecular formula is C37H40N6O3. The van der Waals surface area contributed by atoms with Crippen LogP contribution in [-0.4, -0.2) is 69.5 Å². The average Bonchev–Trinajstić information content (AvgIpc) is 3.57. The molecule has 1 N–H and O–H groups in total. The van der Waals surface area contributed by atoms with Gasteiger partial charge in [-0.15, -0.1) is 0 Å². The smallest absolute Gasteiger partial charge is 0.255 e. The van der Waals surface area contributed by atoms with Gasteiger partial charge < -0.3 is 9.80 Å². The highest BCUT2D eigenvalue weighted by Gasteiger charge is 2.39. The molecule has 1 unspecified atom stereocenters. The monoisotopic (exact) mass is 616 g/mol. The van der Waals surface area contributed by atoms with Crippen LogP contribution in [0.3, 0.4) is 0 Å². The number of aryl methyl sites for hydroxylation is 1. The molecule has 8 rings (SSSR count). The standard InChI is InChI=1S/C37H40N6O3/c1-40-33-9-4-26(17-28(33)19-38-40)16-24-12-14-42(15-13-24)31-6-2-25(3-7-31)20-41-21-30(22-41)27-5-8-32-29(18-27)23-43(37(32)46)34-10-11-35(44)39-36(34)45/h2-9,17-19,24,30,34H,10-16,20-23H2,1H3,(H,39,44,45). The van der Waals surface area contributed by atoms with E-state index >= 15 is 0 Å². The number of imide groups is 1. The first-order chi connectivity index (χ1) is 22.4. The summed E-state index contributed by atoms with van der Waals surface area (Å²) < 4.78 is 1.94. The van der Waals surface area contributed by atoms with Crippen LogP contribution in [0.5, 0.6) is 0 Å². The summed E-state index contributed by atoms with van der Waals surface area (Å²) in [4.78, 5) is 43.6. The number of fused-ring (bicyclic) bond motifs is 2. The second kappa shape index (κ2) is 11.7. The predicted molar refractivity (Wildman–Crippen MR) is 176 cm³/mol. The molecule has 3 fully saturated rings. The van der Waals surface area contributed by atoms with E-state index in [4.69, 9.17) is 0 Å². The molecule has 46 heavy (non-hydrogen) atoms. The van der Waals surface area contributed by atoms with Crippen LogP contribution in [0.2, 0.25) is 0 Å². The molecule has 0 aliphatic carbocycles. The van der Waals surface area contributed by atoms with Crippen LogP contribution in [0.25, 0.3) is 10.9 Å². The molecule has 0 radical (unpaired) electrons. The number of likely N-dealkylation sites (tertiary alicyclic amines) is 1. The maximum Gasteiger partial charge on any atom is 0.255 e. The summed E-state index contributed by atoms with van der Waals surface area (Å²) in [6.45, 7) is 5.55. The quantitative estimate of drug-likeness (QED) is 0.310. The maximum atomic E-state index is 13.0. The van der Waals surface area contributed by atoms with E-state index in [0.29, 0.717) is 24.4 Å². The third kappa shape index (κ3) is 5.47. The molecule has 1 aromatic heterocycles. The first-order valence-corrected chi connectivity index (χ1v) is 16.6. The van der Waals surface area contributed by atoms with Gasteiger partial charge in [0.2, 0.25) is 11.8 Å². The summed E-state index contributed by atoms with van der Waals surface area (Å²) in [5, 5.41) is 7.99. The zero-order chi connectivity index (χ0) is 31.4. The molecule has 1 atom stereocenters. The van der Waals surface area contributed by atoms with Gasteiger partial charge in [0.15, 0.2) is 0 Å². The highest BCUT2D eigenvalue weighted by molar-refractivity contribution is 6.05. The van der Waals surface area contributed by atoms with Crippen molar-refractivity contribution in [1.82, 2.24) is 24.9 Å². The Morgan fingerprint density at radius 2 is 1.67 bits per heavy atom. The van der Waals surface area contributed by atoms with Gasteiger partial charge in [0.1, 0.15) is 6.04 Å². The Labute approximate surface area is 269 Å². The Balaban J connectivity index is 0.810. The van der Waals surface area contributed by atoms with Crippen molar-refractivity contribution in [1.29, 1.82) is 0 Å². The first kappa shape index (κ1) is 28.9. The highest BCUT2D eigenvalue weighted by Crippen LogP contribution is 2.34. The molecule has 9 heteroatoms. The van der Waals surface area contributed by atoms with Crippen LogP contribution in [-0.2, 0) is 36.1 Å². The van der Waals surface area contributed by atoms with E-state index in [1.807, 2.05) is 24.0 Å². The van der Waals surface area contributed by atoms with E-state index in [1.165, 1.54) is 46.1 Å². The van der Waals surface area contributed by atoms with Gasteiger partial charge in [-0.1, -0.05) is 30.3 Å². The molecule has 9 nitrogen and oxygen atoms in total. The molecule has 0 spiro atoms. The van der Waals surface area contributed by atoms with Gasteiger partial charge in [-0.3, -0.25) is 29.3 Å². The van der Waals surface area contributed by atoms with Crippen LogP contribution in [0.15, 0.2) is 66.9 Å². The van der Waals surface area contributed by atoms with Crippen molar-refractivity contribution in [3.05, 3.63) is 94.7 Å². The SMILES string of the molecule is Cn1ncc2cc(CC3CCN(c4ccc(CN5CC(c6ccc7c(c6)CN(C6CCC(=O)NC6=O)C7=O)C5)cc4)CC3)ccc21. The van der Waals surface area contributed by atoms with Gasteiger partial charge in [0.25, 0.3) is 5.91 Å². The lowest BCUT2D eigenvalue weighted by molar-refractivity contribution is -0.136. The second-order valence-electron chi connectivity index (χ2n) is 13.7. The van der Waals surface area contributed by atoms with E-state index < -0.39 is 6.04 Å². The Morgan fingerprint density at radius 3 is 2.46 bits per heavy atom. The number of carbonyl (C=O) groups is 3. The number of carbonyl (C=O) groups excluding carboxylic acids is 3. The van der Waals surface area contributed by atoms with Crippen molar-refractivity contribution in [2.24, 2.45) is 13.0 Å². The van der Waals surface area contributed by atoms with Crippen LogP contribution >= 0.6 is 0 Å². The van der Waals surface area contributed by atoms with Crippen LogP contribution in [0, 0.1) is 5.92 Å². The number of aromatic nitrogens is 2. The number of nitrogens with zero attached hydrogens (tertiary/aromatic N) is 5. The third-order valence-electron chi connectivity index (χ3n) is 10.6. The lowest BCUT2D eigenvalue weighted by atomic mass is 9.89. The Bertz CT molecular complexity index is 1820. The third-order valence-corrected chi connectivity index (χ3v) is 10.6. The minimum absolute atomic E-state index is 0.113. The summed E-state index contributed by atoms with van der Waals surface area (Å²) in [6, 6.07) is 21.5. The zero-order valence-electron chi connectivity index (χ0n) is 26.3. The number of piperidine rings is 2. The number of benzene rings is 3. The lowest BCUT2D eigenvalue weighted by Gasteiger charge is -2.40. The van der Waals surface area contributed by atoms with Crippen molar-refractivity contribution in [3.63, 3.8) is 0 Å². The van der Waals surface area contributed by atoms with Crippen molar-refractivity contribution >= 4 is 34.3 Å². The zero-order valence-corrected chi connectivity index (χ0v) is 26.3. The number of hydrogen-bond donors (Lipinski definition) is 1. The van der Waals surface area contributed by atoms with Crippen molar-refractivity contribution in [2.75, 3.05) is 31.1 Å². The molecule has 236 valence electrons. The van der Waals surface area contributed by atoms with E-state index in [-0.39, 0.29) is 24.1 Å². The van der Waals surface area contributed by atoms with E-state index in [2.05, 4.69) is 74.8 Å². The average molecular weight is 617 g/mol. The first-order valence-electron chi connectivity index (χ1n) is 16.6. The molecular weight excluding hydrogens is 576 g/mol.